The second kappa shape index (κ2) is 9.74. The Balaban J connectivity index is 1.89. The molecule has 6 N–H and O–H groups in total. The first kappa shape index (κ1) is 24.4. The summed E-state index contributed by atoms with van der Waals surface area (Å²) in [5.41, 5.74) is 11.8. The maximum atomic E-state index is 13.2. The van der Waals surface area contributed by atoms with E-state index in [-0.39, 0.29) is 24.6 Å². The fraction of sp³-hybridized carbons (Fsp3) is 0.292. The summed E-state index contributed by atoms with van der Waals surface area (Å²) in [5.74, 6) is -2.01. The quantitative estimate of drug-likeness (QED) is 0.290. The number of nitrogen functional groups attached to an aromatic ring is 1. The second-order valence-corrected chi connectivity index (χ2v) is 9.03. The summed E-state index contributed by atoms with van der Waals surface area (Å²) in [6.07, 6.45) is 0. The lowest BCUT2D eigenvalue weighted by Crippen LogP contribution is -2.54. The maximum Gasteiger partial charge on any atom is 0.273 e. The van der Waals surface area contributed by atoms with Crippen LogP contribution in [-0.2, 0) is 16.1 Å². The summed E-state index contributed by atoms with van der Waals surface area (Å²) >= 11 is 0. The highest BCUT2D eigenvalue weighted by Gasteiger charge is 2.34. The number of Topliss-reactive ketones (excluding diaryl/α,β-unsaturated/α-hetero) is 1. The number of carbonyl (C=O) groups excluding carboxylic acids is 4. The molecule has 0 spiro atoms. The number of anilines is 1. The number of fused-ring (bicyclic) bond motifs is 1. The largest absolute Gasteiger partial charge is 0.399 e. The lowest BCUT2D eigenvalue weighted by atomic mass is 9.86. The Morgan fingerprint density at radius 3 is 2.29 bits per heavy atom. The molecule has 0 aliphatic rings. The van der Waals surface area contributed by atoms with E-state index >= 15 is 0 Å². The fourth-order valence-corrected chi connectivity index (χ4v) is 3.46. The number of carbonyl (C=O) groups is 4. The number of hydrogen-bond donors (Lipinski definition) is 4. The summed E-state index contributed by atoms with van der Waals surface area (Å²) in [4.78, 5) is 49.7. The van der Waals surface area contributed by atoms with Crippen LogP contribution in [0.5, 0.6) is 0 Å². The number of aromatic nitrogens is 2. The van der Waals surface area contributed by atoms with E-state index < -0.39 is 29.2 Å². The minimum atomic E-state index is -0.959. The number of rotatable bonds is 8. The smallest absolute Gasteiger partial charge is 0.273 e. The molecule has 0 saturated carbocycles. The number of nitrogens with two attached hydrogens (primary N) is 2. The molecular formula is C24H28N6O4. The monoisotopic (exact) mass is 464 g/mol. The predicted molar refractivity (Wildman–Crippen MR) is 128 cm³/mol. The number of hydrogen-bond acceptors (Lipinski definition) is 6. The topological polar surface area (TPSA) is 162 Å². The van der Waals surface area contributed by atoms with Crippen LogP contribution < -0.4 is 22.1 Å². The Morgan fingerprint density at radius 2 is 1.68 bits per heavy atom. The molecule has 1 heterocycles. The molecule has 178 valence electrons. The molecule has 0 fully saturated rings. The lowest BCUT2D eigenvalue weighted by molar-refractivity contribution is -0.128. The zero-order chi connectivity index (χ0) is 25.0. The molecular weight excluding hydrogens is 436 g/mol. The molecule has 0 bridgehead atoms. The van der Waals surface area contributed by atoms with E-state index in [1.807, 2.05) is 0 Å². The number of amides is 3. The number of para-hydroxylation sites is 1. The number of nitrogens with one attached hydrogen (secondary N) is 2. The zero-order valence-electron chi connectivity index (χ0n) is 19.3. The standard InChI is InChI=1S/C24H28N6O4/c1-24(2,3)21(23(34)27-12-19(26)32)28-22(33)20-16-6-4-5-7-17(16)30(29-20)13-18(31)14-8-10-15(25)11-9-14/h4-11,21H,12-13,25H2,1-3H3,(H2,26,32)(H,27,34)(H,28,33). The Bertz CT molecular complexity index is 1240. The van der Waals surface area contributed by atoms with Gasteiger partial charge in [-0.15, -0.1) is 0 Å². The van der Waals surface area contributed by atoms with E-state index in [9.17, 15) is 19.2 Å². The molecule has 1 atom stereocenters. The van der Waals surface area contributed by atoms with Crippen molar-refractivity contribution < 1.29 is 19.2 Å². The van der Waals surface area contributed by atoms with Gasteiger partial charge in [-0.3, -0.25) is 23.9 Å². The van der Waals surface area contributed by atoms with E-state index in [1.165, 1.54) is 4.68 Å². The van der Waals surface area contributed by atoms with Crippen LogP contribution in [0.3, 0.4) is 0 Å². The van der Waals surface area contributed by atoms with Gasteiger partial charge in [0, 0.05) is 16.6 Å². The van der Waals surface area contributed by atoms with Crippen LogP contribution in [0.25, 0.3) is 10.9 Å². The van der Waals surface area contributed by atoms with Gasteiger partial charge >= 0.3 is 0 Å². The van der Waals surface area contributed by atoms with Crippen molar-refractivity contribution in [2.24, 2.45) is 11.1 Å². The Kier molecular flexibility index (Phi) is 7.00. The Labute approximate surface area is 196 Å². The van der Waals surface area contributed by atoms with Crippen molar-refractivity contribution in [1.82, 2.24) is 20.4 Å². The fourth-order valence-electron chi connectivity index (χ4n) is 3.46. The molecule has 0 saturated heterocycles. The highest BCUT2D eigenvalue weighted by Crippen LogP contribution is 2.23. The van der Waals surface area contributed by atoms with Gasteiger partial charge < -0.3 is 22.1 Å². The van der Waals surface area contributed by atoms with Gasteiger partial charge in [0.15, 0.2) is 11.5 Å². The predicted octanol–water partition coefficient (Wildman–Crippen LogP) is 1.25. The molecule has 34 heavy (non-hydrogen) atoms. The molecule has 0 aliphatic heterocycles. The highest BCUT2D eigenvalue weighted by molar-refractivity contribution is 6.07. The molecule has 2 aromatic carbocycles. The van der Waals surface area contributed by atoms with Crippen molar-refractivity contribution in [3.05, 3.63) is 59.8 Å². The van der Waals surface area contributed by atoms with Crippen LogP contribution in [-0.4, -0.2) is 45.9 Å². The van der Waals surface area contributed by atoms with Gasteiger partial charge in [0.1, 0.15) is 12.6 Å². The number of primary amides is 1. The first-order valence-corrected chi connectivity index (χ1v) is 10.7. The maximum absolute atomic E-state index is 13.2. The van der Waals surface area contributed by atoms with Crippen molar-refractivity contribution in [1.29, 1.82) is 0 Å². The molecule has 3 aromatic rings. The van der Waals surface area contributed by atoms with Crippen LogP contribution in [0.4, 0.5) is 5.69 Å². The molecule has 10 nitrogen and oxygen atoms in total. The first-order chi connectivity index (χ1) is 16.0. The van der Waals surface area contributed by atoms with Gasteiger partial charge in [-0.05, 0) is 35.7 Å². The van der Waals surface area contributed by atoms with E-state index in [1.54, 1.807) is 69.3 Å². The van der Waals surface area contributed by atoms with Crippen molar-refractivity contribution in [3.8, 4) is 0 Å². The van der Waals surface area contributed by atoms with Gasteiger partial charge in [0.05, 0.1) is 12.1 Å². The summed E-state index contributed by atoms with van der Waals surface area (Å²) in [7, 11) is 0. The Morgan fingerprint density at radius 1 is 1.03 bits per heavy atom. The highest BCUT2D eigenvalue weighted by atomic mass is 16.2. The van der Waals surface area contributed by atoms with Gasteiger partial charge in [-0.1, -0.05) is 39.0 Å². The van der Waals surface area contributed by atoms with Crippen LogP contribution in [0.15, 0.2) is 48.5 Å². The summed E-state index contributed by atoms with van der Waals surface area (Å²) in [6, 6.07) is 12.6. The summed E-state index contributed by atoms with van der Waals surface area (Å²) < 4.78 is 1.46. The lowest BCUT2D eigenvalue weighted by Gasteiger charge is -2.30. The van der Waals surface area contributed by atoms with Crippen molar-refractivity contribution >= 4 is 40.1 Å². The van der Waals surface area contributed by atoms with Crippen LogP contribution >= 0.6 is 0 Å². The molecule has 0 aliphatic carbocycles. The van der Waals surface area contributed by atoms with Gasteiger partial charge in [0.25, 0.3) is 5.91 Å². The third-order valence-corrected chi connectivity index (χ3v) is 5.24. The molecule has 1 aromatic heterocycles. The van der Waals surface area contributed by atoms with E-state index in [2.05, 4.69) is 15.7 Å². The number of nitrogens with zero attached hydrogens (tertiary/aromatic N) is 2. The molecule has 1 unspecified atom stereocenters. The second-order valence-electron chi connectivity index (χ2n) is 9.03. The minimum Gasteiger partial charge on any atom is -0.399 e. The molecule has 0 radical (unpaired) electrons. The number of benzene rings is 2. The Hall–Kier alpha value is -4.21. The van der Waals surface area contributed by atoms with Crippen molar-refractivity contribution in [2.45, 2.75) is 33.4 Å². The summed E-state index contributed by atoms with van der Waals surface area (Å²) in [5, 5.41) is 10.1. The van der Waals surface area contributed by atoms with E-state index in [0.717, 1.165) is 0 Å². The molecule has 3 amide bonds. The van der Waals surface area contributed by atoms with Crippen LogP contribution in [0.2, 0.25) is 0 Å². The average molecular weight is 465 g/mol. The van der Waals surface area contributed by atoms with Gasteiger partial charge in [-0.2, -0.15) is 5.10 Å². The third kappa shape index (κ3) is 5.58. The third-order valence-electron chi connectivity index (χ3n) is 5.24. The van der Waals surface area contributed by atoms with E-state index in [0.29, 0.717) is 22.2 Å². The summed E-state index contributed by atoms with van der Waals surface area (Å²) in [6.45, 7) is 4.92. The zero-order valence-corrected chi connectivity index (χ0v) is 19.3. The van der Waals surface area contributed by atoms with Crippen molar-refractivity contribution in [3.63, 3.8) is 0 Å². The van der Waals surface area contributed by atoms with Gasteiger partial charge in [-0.25, -0.2) is 0 Å². The molecule has 3 rings (SSSR count). The minimum absolute atomic E-state index is 0.0812. The van der Waals surface area contributed by atoms with Crippen LogP contribution in [0.1, 0.15) is 41.6 Å². The normalized spacial score (nSPS) is 12.2. The number of ketones is 1. The van der Waals surface area contributed by atoms with Crippen LogP contribution in [0, 0.1) is 5.41 Å². The van der Waals surface area contributed by atoms with E-state index in [4.69, 9.17) is 11.5 Å². The van der Waals surface area contributed by atoms with Gasteiger partial charge in [0.2, 0.25) is 11.8 Å². The SMILES string of the molecule is CC(C)(C)C(NC(=O)c1nn(CC(=O)c2ccc(N)cc2)c2ccccc12)C(=O)NCC(N)=O. The molecule has 10 heteroatoms. The average Bonchev–Trinajstić information content (AvgIpc) is 3.14. The first-order valence-electron chi connectivity index (χ1n) is 10.7. The van der Waals surface area contributed by atoms with Crippen molar-refractivity contribution in [2.75, 3.05) is 12.3 Å².